The third-order valence-corrected chi connectivity index (χ3v) is 6.31. The largest absolute Gasteiger partial charge is 0.272 e. The monoisotopic (exact) mass is 307 g/mol. The van der Waals surface area contributed by atoms with Crippen LogP contribution in [0, 0.1) is 17.1 Å². The van der Waals surface area contributed by atoms with Gasteiger partial charge in [-0.2, -0.15) is 0 Å². The molecule has 0 saturated carbocycles. The molecule has 2 aliphatic rings. The number of nitrogens with zero attached hydrogens (tertiary/aromatic N) is 3. The Hall–Kier alpha value is -1.51. The summed E-state index contributed by atoms with van der Waals surface area (Å²) in [6, 6.07) is 8.50. The van der Waals surface area contributed by atoms with Gasteiger partial charge in [0, 0.05) is 41.7 Å². The van der Waals surface area contributed by atoms with Gasteiger partial charge >= 0.3 is 0 Å². The Morgan fingerprint density at radius 1 is 1.32 bits per heavy atom. The van der Waals surface area contributed by atoms with Gasteiger partial charge in [0.25, 0.3) is 6.71 Å². The van der Waals surface area contributed by atoms with Crippen LogP contribution in [-0.4, -0.2) is 29.1 Å². The fourth-order valence-corrected chi connectivity index (χ4v) is 5.12. The van der Waals surface area contributed by atoms with E-state index in [2.05, 4.69) is 39.5 Å². The summed E-state index contributed by atoms with van der Waals surface area (Å²) in [5, 5.41) is 11.8. The lowest BCUT2D eigenvalue weighted by Gasteiger charge is -2.34. The number of nitriles is 1. The highest BCUT2D eigenvalue weighted by Gasteiger charge is 2.42. The predicted octanol–water partition coefficient (Wildman–Crippen LogP) is 3.90. The van der Waals surface area contributed by atoms with E-state index < -0.39 is 0 Å². The summed E-state index contributed by atoms with van der Waals surface area (Å²) in [6.07, 6.45) is 7.38. The highest BCUT2D eigenvalue weighted by Crippen LogP contribution is 2.44. The summed E-state index contributed by atoms with van der Waals surface area (Å²) in [7, 11) is 0. The molecule has 0 aliphatic carbocycles. The van der Waals surface area contributed by atoms with Crippen LogP contribution in [-0.2, 0) is 0 Å². The van der Waals surface area contributed by atoms with Gasteiger partial charge in [0.2, 0.25) is 0 Å². The molecule has 2 unspecified atom stereocenters. The molecule has 0 bridgehead atoms. The van der Waals surface area contributed by atoms with E-state index in [4.69, 9.17) is 0 Å². The van der Waals surface area contributed by atoms with E-state index in [1.165, 1.54) is 28.5 Å². The number of pyridine rings is 1. The van der Waals surface area contributed by atoms with Crippen LogP contribution in [0.2, 0.25) is 12.1 Å². The van der Waals surface area contributed by atoms with E-state index >= 15 is 0 Å². The lowest BCUT2D eigenvalue weighted by Crippen LogP contribution is -2.35. The zero-order valence-corrected chi connectivity index (χ0v) is 13.3. The van der Waals surface area contributed by atoms with Crippen LogP contribution in [0.1, 0.15) is 12.8 Å². The van der Waals surface area contributed by atoms with Gasteiger partial charge in [-0.25, -0.2) is 9.57 Å². The molecule has 0 N–H and O–H groups in total. The molecule has 2 saturated heterocycles. The van der Waals surface area contributed by atoms with E-state index in [1.54, 1.807) is 0 Å². The van der Waals surface area contributed by atoms with E-state index in [9.17, 15) is 5.26 Å². The molecule has 2 fully saturated rings. The van der Waals surface area contributed by atoms with Crippen molar-refractivity contribution in [3.8, 4) is 5.97 Å². The van der Waals surface area contributed by atoms with Gasteiger partial charge in [-0.05, 0) is 47.6 Å². The first-order chi connectivity index (χ1) is 10.8. The van der Waals surface area contributed by atoms with Crippen LogP contribution in [0.4, 0.5) is 0 Å². The van der Waals surface area contributed by atoms with Gasteiger partial charge in [-0.3, -0.25) is 4.98 Å². The summed E-state index contributed by atoms with van der Waals surface area (Å²) < 4.78 is 2.46. The molecule has 5 heteroatoms. The zero-order chi connectivity index (χ0) is 14.9. The molecule has 4 rings (SSSR count). The Morgan fingerprint density at radius 3 is 3.18 bits per heavy atom. The second-order valence-corrected chi connectivity index (χ2v) is 7.50. The number of hydrogen-bond acceptors (Lipinski definition) is 4. The third-order valence-electron chi connectivity index (χ3n) is 5.17. The average Bonchev–Trinajstić information content (AvgIpc) is 2.97. The SMILES string of the molecule is N#CB1CCC2CCN(Sc3cccc4cnccc34)CC12. The minimum Gasteiger partial charge on any atom is -0.264 e. The molecule has 2 aromatic rings. The minimum absolute atomic E-state index is 0.269. The topological polar surface area (TPSA) is 39.9 Å². The smallest absolute Gasteiger partial charge is 0.264 e. The Labute approximate surface area is 135 Å². The summed E-state index contributed by atoms with van der Waals surface area (Å²) in [6.45, 7) is 2.45. The van der Waals surface area contributed by atoms with E-state index in [-0.39, 0.29) is 6.71 Å². The van der Waals surface area contributed by atoms with Crippen LogP contribution in [0.25, 0.3) is 10.8 Å². The molecule has 1 aromatic carbocycles. The number of rotatable bonds is 2. The number of hydrogen-bond donors (Lipinski definition) is 0. The molecule has 0 radical (unpaired) electrons. The summed E-state index contributed by atoms with van der Waals surface area (Å²) >= 11 is 1.85. The maximum absolute atomic E-state index is 9.34. The van der Waals surface area contributed by atoms with Gasteiger partial charge in [0.15, 0.2) is 0 Å². The molecule has 1 aromatic heterocycles. The lowest BCUT2D eigenvalue weighted by atomic mass is 9.42. The summed E-state index contributed by atoms with van der Waals surface area (Å²) in [5.41, 5.74) is 0. The molecular weight excluding hydrogens is 289 g/mol. The van der Waals surface area contributed by atoms with Crippen molar-refractivity contribution in [2.75, 3.05) is 13.1 Å². The Bertz CT molecular complexity index is 724. The lowest BCUT2D eigenvalue weighted by molar-refractivity contribution is 0.298. The van der Waals surface area contributed by atoms with E-state index in [0.29, 0.717) is 5.82 Å². The standard InChI is InChI=1S/C17H18BN3S/c19-12-18-7-4-13-6-9-21(11-16(13)18)22-17-3-1-2-14-10-20-8-5-15(14)17/h1-3,5,8,10,13,16H,4,6-7,9,11H2. The van der Waals surface area contributed by atoms with Crippen LogP contribution in [0.15, 0.2) is 41.6 Å². The third kappa shape index (κ3) is 2.51. The molecule has 3 heterocycles. The number of fused-ring (bicyclic) bond motifs is 2. The molecule has 2 atom stereocenters. The van der Waals surface area contributed by atoms with Crippen molar-refractivity contribution in [1.29, 1.82) is 5.26 Å². The molecule has 0 spiro atoms. The maximum Gasteiger partial charge on any atom is 0.272 e. The molecule has 2 aliphatic heterocycles. The van der Waals surface area contributed by atoms with Gasteiger partial charge in [0.1, 0.15) is 0 Å². The first-order valence-corrected chi connectivity index (χ1v) is 8.78. The first-order valence-electron chi connectivity index (χ1n) is 8.00. The minimum atomic E-state index is 0.269. The second-order valence-electron chi connectivity index (χ2n) is 6.36. The van der Waals surface area contributed by atoms with Gasteiger partial charge < -0.3 is 0 Å². The zero-order valence-electron chi connectivity index (χ0n) is 12.5. The van der Waals surface area contributed by atoms with Gasteiger partial charge in [-0.1, -0.05) is 24.9 Å². The van der Waals surface area contributed by atoms with Crippen LogP contribution in [0.5, 0.6) is 0 Å². The van der Waals surface area contributed by atoms with Gasteiger partial charge in [-0.15, -0.1) is 0 Å². The van der Waals surface area contributed by atoms with Crippen molar-refractivity contribution >= 4 is 29.4 Å². The fourth-order valence-electron chi connectivity index (χ4n) is 3.98. The predicted molar refractivity (Wildman–Crippen MR) is 91.8 cm³/mol. The average molecular weight is 307 g/mol. The highest BCUT2D eigenvalue weighted by atomic mass is 32.2. The number of piperidine rings is 1. The molecular formula is C17H18BN3S. The number of aromatic nitrogens is 1. The van der Waals surface area contributed by atoms with Crippen molar-refractivity contribution < 1.29 is 0 Å². The van der Waals surface area contributed by atoms with E-state index in [0.717, 1.165) is 25.3 Å². The van der Waals surface area contributed by atoms with Crippen molar-refractivity contribution in [3.63, 3.8) is 0 Å². The second kappa shape index (κ2) is 5.94. The van der Waals surface area contributed by atoms with Crippen LogP contribution in [0.3, 0.4) is 0 Å². The highest BCUT2D eigenvalue weighted by molar-refractivity contribution is 7.97. The van der Waals surface area contributed by atoms with Gasteiger partial charge in [0.05, 0.1) is 0 Å². The van der Waals surface area contributed by atoms with Crippen molar-refractivity contribution in [2.24, 2.45) is 5.92 Å². The van der Waals surface area contributed by atoms with Crippen LogP contribution < -0.4 is 0 Å². The summed E-state index contributed by atoms with van der Waals surface area (Å²) in [5.74, 6) is 3.88. The molecule has 22 heavy (non-hydrogen) atoms. The van der Waals surface area contributed by atoms with Crippen molar-refractivity contribution in [3.05, 3.63) is 36.7 Å². The Morgan fingerprint density at radius 2 is 2.27 bits per heavy atom. The summed E-state index contributed by atoms with van der Waals surface area (Å²) in [4.78, 5) is 5.50. The molecule has 0 amide bonds. The Balaban J connectivity index is 1.55. The van der Waals surface area contributed by atoms with Crippen molar-refractivity contribution in [2.45, 2.75) is 29.9 Å². The first kappa shape index (κ1) is 14.1. The quantitative estimate of drug-likeness (QED) is 0.623. The normalized spacial score (nSPS) is 25.1. The fraction of sp³-hybridized carbons (Fsp3) is 0.412. The molecule has 3 nitrogen and oxygen atoms in total. The number of benzene rings is 1. The van der Waals surface area contributed by atoms with Crippen LogP contribution >= 0.6 is 11.9 Å². The molecule has 110 valence electrons. The van der Waals surface area contributed by atoms with Crippen molar-refractivity contribution in [1.82, 2.24) is 9.29 Å². The van der Waals surface area contributed by atoms with E-state index in [1.807, 2.05) is 24.3 Å². The maximum atomic E-state index is 9.34. The Kier molecular flexibility index (Phi) is 3.81.